The predicted octanol–water partition coefficient (Wildman–Crippen LogP) is 5.88. The average Bonchev–Trinajstić information content (AvgIpc) is 3.04. The molecular weight excluding hydrogens is 446 g/mol. The number of aryl methyl sites for hydroxylation is 1. The summed E-state index contributed by atoms with van der Waals surface area (Å²) < 4.78 is 26.9. The molecule has 1 aromatic heterocycles. The second-order valence-corrected chi connectivity index (χ2v) is 10.7. The van der Waals surface area contributed by atoms with Crippen molar-refractivity contribution < 1.29 is 18.7 Å². The quantitative estimate of drug-likeness (QED) is 0.582. The maximum atomic E-state index is 13.8. The fourth-order valence-electron chi connectivity index (χ4n) is 7.12. The van der Waals surface area contributed by atoms with Crippen LogP contribution in [0.3, 0.4) is 0 Å². The zero-order valence-electron chi connectivity index (χ0n) is 18.7. The highest BCUT2D eigenvalue weighted by Gasteiger charge is 2.58. The van der Waals surface area contributed by atoms with Crippen molar-refractivity contribution in [2.24, 2.45) is 23.2 Å². The second kappa shape index (κ2) is 8.62. The van der Waals surface area contributed by atoms with Crippen LogP contribution in [0.15, 0.2) is 30.5 Å². The maximum Gasteiger partial charge on any atom is 0.225 e. The smallest absolute Gasteiger partial charge is 0.225 e. The Kier molecular flexibility index (Phi) is 5.94. The van der Waals surface area contributed by atoms with E-state index in [0.717, 1.165) is 36.9 Å². The molecule has 0 spiro atoms. The minimum Gasteiger partial charge on any atom is -0.393 e. The van der Waals surface area contributed by atoms with E-state index in [1.54, 1.807) is 0 Å². The summed E-state index contributed by atoms with van der Waals surface area (Å²) in [5, 5.41) is 14.3. The van der Waals surface area contributed by atoms with E-state index in [9.17, 15) is 18.7 Å². The third-order valence-corrected chi connectivity index (χ3v) is 8.82. The van der Waals surface area contributed by atoms with Gasteiger partial charge in [0.25, 0.3) is 0 Å². The van der Waals surface area contributed by atoms with Gasteiger partial charge in [-0.2, -0.15) is 0 Å². The number of hydrogen-bond donors (Lipinski definition) is 2. The standard InChI is InChI=1S/C26H29ClF2N2O2/c1-26-9-8-19-18-6-4-16(27)10-14(18)2-5-20(19)24(26)15(11-22(26)32)3-7-23(33)31-25-21(29)12-17(28)13-30-25/h4,6,10,12-13,15,19-20,22,24,32H,2-3,5,7-9,11H2,1H3,(H,30,31,33)/t15-,19?,20?,22?,24?,26-/m1/s1. The molecule has 176 valence electrons. The van der Waals surface area contributed by atoms with Crippen LogP contribution in [-0.4, -0.2) is 22.1 Å². The van der Waals surface area contributed by atoms with E-state index in [-0.39, 0.29) is 35.6 Å². The van der Waals surface area contributed by atoms with Crippen LogP contribution in [0.2, 0.25) is 5.02 Å². The number of halogens is 3. The topological polar surface area (TPSA) is 62.2 Å². The summed E-state index contributed by atoms with van der Waals surface area (Å²) in [5.41, 5.74) is 2.60. The number of aliphatic hydroxyl groups excluding tert-OH is 1. The van der Waals surface area contributed by atoms with Crippen molar-refractivity contribution in [3.63, 3.8) is 0 Å². The van der Waals surface area contributed by atoms with Gasteiger partial charge in [-0.15, -0.1) is 0 Å². The molecule has 2 saturated carbocycles. The molecule has 0 bridgehead atoms. The molecule has 0 aliphatic heterocycles. The lowest BCUT2D eigenvalue weighted by Crippen LogP contribution is -2.45. The van der Waals surface area contributed by atoms with E-state index in [0.29, 0.717) is 36.7 Å². The van der Waals surface area contributed by atoms with Crippen molar-refractivity contribution in [3.8, 4) is 0 Å². The molecule has 3 aliphatic rings. The lowest BCUT2D eigenvalue weighted by atomic mass is 9.54. The summed E-state index contributed by atoms with van der Waals surface area (Å²) in [6.45, 7) is 2.22. The minimum atomic E-state index is -0.886. The largest absolute Gasteiger partial charge is 0.393 e. The van der Waals surface area contributed by atoms with Gasteiger partial charge in [0, 0.05) is 17.5 Å². The number of anilines is 1. The number of benzene rings is 1. The number of pyridine rings is 1. The molecule has 7 heteroatoms. The fraction of sp³-hybridized carbons (Fsp3) is 0.538. The first-order valence-corrected chi connectivity index (χ1v) is 12.2. The number of aliphatic hydroxyl groups is 1. The highest BCUT2D eigenvalue weighted by atomic mass is 35.5. The molecule has 2 fully saturated rings. The molecule has 3 aliphatic carbocycles. The molecule has 1 heterocycles. The SMILES string of the molecule is C[C@]12CCC3c4ccc(Cl)cc4CCC3C1[C@H](CCC(=O)Nc1ncc(F)cc1F)CC2O. The van der Waals surface area contributed by atoms with Gasteiger partial charge < -0.3 is 10.4 Å². The number of carbonyl (C=O) groups is 1. The molecule has 4 nitrogen and oxygen atoms in total. The molecule has 1 aromatic carbocycles. The van der Waals surface area contributed by atoms with Crippen LogP contribution in [0.5, 0.6) is 0 Å². The summed E-state index contributed by atoms with van der Waals surface area (Å²) >= 11 is 6.23. The van der Waals surface area contributed by atoms with Crippen LogP contribution < -0.4 is 5.32 Å². The van der Waals surface area contributed by atoms with Crippen LogP contribution >= 0.6 is 11.6 Å². The highest BCUT2D eigenvalue weighted by molar-refractivity contribution is 6.30. The fourth-order valence-corrected chi connectivity index (χ4v) is 7.32. The number of carbonyl (C=O) groups excluding carboxylic acids is 1. The molecule has 2 aromatic rings. The highest BCUT2D eigenvalue weighted by Crippen LogP contribution is 2.63. The molecular formula is C26H29ClF2N2O2. The number of nitrogens with zero attached hydrogens (tertiary/aromatic N) is 1. The van der Waals surface area contributed by atoms with Crippen molar-refractivity contribution >= 4 is 23.3 Å². The number of amides is 1. The molecule has 2 N–H and O–H groups in total. The molecule has 4 unspecified atom stereocenters. The van der Waals surface area contributed by atoms with Gasteiger partial charge in [-0.1, -0.05) is 24.6 Å². The Balaban J connectivity index is 1.31. The first-order chi connectivity index (χ1) is 15.8. The number of nitrogens with one attached hydrogen (secondary N) is 1. The van der Waals surface area contributed by atoms with E-state index in [2.05, 4.69) is 29.4 Å². The number of fused-ring (bicyclic) bond motifs is 5. The third kappa shape index (κ3) is 4.06. The molecule has 0 saturated heterocycles. The van der Waals surface area contributed by atoms with Gasteiger partial charge in [0.05, 0.1) is 12.3 Å². The summed E-state index contributed by atoms with van der Waals surface area (Å²) in [7, 11) is 0. The van der Waals surface area contributed by atoms with Crippen LogP contribution in [0.1, 0.15) is 62.5 Å². The van der Waals surface area contributed by atoms with Gasteiger partial charge >= 0.3 is 0 Å². The Bertz CT molecular complexity index is 1080. The lowest BCUT2D eigenvalue weighted by molar-refractivity contribution is -0.116. The molecule has 0 radical (unpaired) electrons. The maximum absolute atomic E-state index is 13.8. The molecule has 5 rings (SSSR count). The van der Waals surface area contributed by atoms with Gasteiger partial charge in [0.2, 0.25) is 5.91 Å². The van der Waals surface area contributed by atoms with E-state index in [1.807, 2.05) is 6.07 Å². The Hall–Kier alpha value is -2.05. The van der Waals surface area contributed by atoms with Gasteiger partial charge in [-0.3, -0.25) is 4.79 Å². The van der Waals surface area contributed by atoms with Crippen LogP contribution in [0.25, 0.3) is 0 Å². The van der Waals surface area contributed by atoms with Crippen LogP contribution in [0.4, 0.5) is 14.6 Å². The van der Waals surface area contributed by atoms with E-state index >= 15 is 0 Å². The molecule has 33 heavy (non-hydrogen) atoms. The third-order valence-electron chi connectivity index (χ3n) is 8.59. The summed E-state index contributed by atoms with van der Waals surface area (Å²) in [6, 6.07) is 6.95. The molecule has 6 atom stereocenters. The summed E-state index contributed by atoms with van der Waals surface area (Å²) in [4.78, 5) is 16.2. The number of aromatic nitrogens is 1. The van der Waals surface area contributed by atoms with Crippen molar-refractivity contribution in [2.75, 3.05) is 5.32 Å². The first-order valence-electron chi connectivity index (χ1n) is 11.8. The summed E-state index contributed by atoms with van der Waals surface area (Å²) in [5.74, 6) is -0.768. The van der Waals surface area contributed by atoms with Gasteiger partial charge in [0.1, 0.15) is 5.82 Å². The first kappa shape index (κ1) is 22.7. The monoisotopic (exact) mass is 474 g/mol. The Morgan fingerprint density at radius 1 is 1.30 bits per heavy atom. The molecule has 1 amide bonds. The lowest BCUT2D eigenvalue weighted by Gasteiger charge is -2.51. The average molecular weight is 475 g/mol. The Morgan fingerprint density at radius 2 is 2.12 bits per heavy atom. The van der Waals surface area contributed by atoms with Crippen molar-refractivity contribution in [3.05, 3.63) is 58.2 Å². The predicted molar refractivity (Wildman–Crippen MR) is 123 cm³/mol. The van der Waals surface area contributed by atoms with E-state index < -0.39 is 11.6 Å². The second-order valence-electron chi connectivity index (χ2n) is 10.3. The van der Waals surface area contributed by atoms with Gasteiger partial charge in [-0.25, -0.2) is 13.8 Å². The Morgan fingerprint density at radius 3 is 2.91 bits per heavy atom. The van der Waals surface area contributed by atoms with E-state index in [4.69, 9.17) is 11.6 Å². The Labute approximate surface area is 197 Å². The van der Waals surface area contributed by atoms with Crippen molar-refractivity contribution in [2.45, 2.75) is 63.9 Å². The number of hydrogen-bond acceptors (Lipinski definition) is 3. The van der Waals surface area contributed by atoms with Crippen molar-refractivity contribution in [1.29, 1.82) is 0 Å². The van der Waals surface area contributed by atoms with Crippen LogP contribution in [0, 0.1) is 34.8 Å². The summed E-state index contributed by atoms with van der Waals surface area (Å²) in [6.07, 6.45) is 6.12. The number of rotatable bonds is 4. The zero-order valence-corrected chi connectivity index (χ0v) is 19.4. The van der Waals surface area contributed by atoms with Crippen LogP contribution in [-0.2, 0) is 11.2 Å². The van der Waals surface area contributed by atoms with E-state index in [1.165, 1.54) is 11.1 Å². The van der Waals surface area contributed by atoms with Gasteiger partial charge in [0.15, 0.2) is 11.6 Å². The zero-order chi connectivity index (χ0) is 23.3. The normalized spacial score (nSPS) is 32.6. The minimum absolute atomic E-state index is 0.142. The van der Waals surface area contributed by atoms with Crippen molar-refractivity contribution in [1.82, 2.24) is 4.98 Å². The van der Waals surface area contributed by atoms with Gasteiger partial charge in [-0.05, 0) is 90.9 Å².